The van der Waals surface area contributed by atoms with Gasteiger partial charge in [-0.3, -0.25) is 9.97 Å². The lowest BCUT2D eigenvalue weighted by molar-refractivity contribution is 1.18. The number of anilines is 3. The van der Waals surface area contributed by atoms with E-state index >= 15 is 0 Å². The Balaban J connectivity index is 1.16. The van der Waals surface area contributed by atoms with Gasteiger partial charge in [0.15, 0.2) is 0 Å². The van der Waals surface area contributed by atoms with E-state index in [0.717, 1.165) is 52.2 Å². The first-order valence-electron chi connectivity index (χ1n) is 16.5. The van der Waals surface area contributed by atoms with Gasteiger partial charge in [0, 0.05) is 41.8 Å². The molecule has 0 N–H and O–H groups in total. The lowest BCUT2D eigenvalue weighted by Crippen LogP contribution is -2.10. The van der Waals surface area contributed by atoms with Gasteiger partial charge in [0.05, 0.1) is 0 Å². The number of benzene rings is 4. The number of rotatable bonds is 7. The first-order chi connectivity index (χ1) is 23.8. The number of nitrogens with zero attached hydrogens (tertiary/aromatic N) is 3. The zero-order valence-electron chi connectivity index (χ0n) is 26.9. The molecule has 0 amide bonds. The maximum Gasteiger partial charge on any atom is 0.0462 e. The molecule has 0 saturated heterocycles. The second kappa shape index (κ2) is 13.0. The Morgan fingerprint density at radius 3 is 1.69 bits per heavy atom. The van der Waals surface area contributed by atoms with Crippen LogP contribution in [0.3, 0.4) is 0 Å². The van der Waals surface area contributed by atoms with Crippen molar-refractivity contribution in [2.24, 2.45) is 0 Å². The highest BCUT2D eigenvalue weighted by molar-refractivity contribution is 5.94. The molecule has 0 unspecified atom stereocenters. The lowest BCUT2D eigenvalue weighted by atomic mass is 9.89. The van der Waals surface area contributed by atoms with Crippen LogP contribution < -0.4 is 4.90 Å². The largest absolute Gasteiger partial charge is 0.311 e. The van der Waals surface area contributed by atoms with Crippen LogP contribution in [0.2, 0.25) is 0 Å². The number of fused-ring (bicyclic) bond motifs is 3. The molecule has 3 nitrogen and oxygen atoms in total. The van der Waals surface area contributed by atoms with Gasteiger partial charge < -0.3 is 4.90 Å². The van der Waals surface area contributed by atoms with Crippen LogP contribution in [0.4, 0.5) is 17.1 Å². The predicted octanol–water partition coefficient (Wildman–Crippen LogP) is 11.6. The summed E-state index contributed by atoms with van der Waals surface area (Å²) >= 11 is 0. The Morgan fingerprint density at radius 1 is 0.604 bits per heavy atom. The van der Waals surface area contributed by atoms with Crippen molar-refractivity contribution in [1.29, 1.82) is 0 Å². The summed E-state index contributed by atoms with van der Waals surface area (Å²) in [7, 11) is 0. The molecule has 8 rings (SSSR count). The zero-order valence-corrected chi connectivity index (χ0v) is 26.9. The number of pyridine rings is 2. The standard InChI is InChI=1S/C45H35N3/c1-2-41(43-9-5-6-10-44-42-8-4-3-7-37(42)31-45(43)44)36-15-21-40(22-16-36)48(38-17-11-32(12-18-38)34-23-27-46-28-24-34)39-19-13-33(14-20-39)35-25-29-47-30-26-35/h2-8,10-30H,9,31H2,1H3/b41-2-. The van der Waals surface area contributed by atoms with Crippen LogP contribution in [0.1, 0.15) is 30.0 Å². The van der Waals surface area contributed by atoms with Gasteiger partial charge in [-0.1, -0.05) is 85.0 Å². The van der Waals surface area contributed by atoms with Crippen molar-refractivity contribution < 1.29 is 0 Å². The van der Waals surface area contributed by atoms with Gasteiger partial charge in [0.25, 0.3) is 0 Å². The summed E-state index contributed by atoms with van der Waals surface area (Å²) in [6.45, 7) is 2.16. The van der Waals surface area contributed by atoms with E-state index in [1.165, 1.54) is 39.0 Å². The maximum absolute atomic E-state index is 4.19. The molecule has 2 heterocycles. The minimum Gasteiger partial charge on any atom is -0.311 e. The fourth-order valence-electron chi connectivity index (χ4n) is 7.04. The summed E-state index contributed by atoms with van der Waals surface area (Å²) in [5.41, 5.74) is 17.5. The first kappa shape index (κ1) is 29.3. The average molecular weight is 618 g/mol. The van der Waals surface area contributed by atoms with Gasteiger partial charge >= 0.3 is 0 Å². The topological polar surface area (TPSA) is 29.0 Å². The summed E-state index contributed by atoms with van der Waals surface area (Å²) in [6, 6.07) is 43.7. The molecular formula is C45H35N3. The number of hydrogen-bond donors (Lipinski definition) is 0. The van der Waals surface area contributed by atoms with Crippen LogP contribution in [-0.4, -0.2) is 9.97 Å². The Morgan fingerprint density at radius 2 is 1.12 bits per heavy atom. The molecule has 2 aliphatic carbocycles. The molecule has 0 aliphatic heterocycles. The number of hydrogen-bond acceptors (Lipinski definition) is 3. The van der Waals surface area contributed by atoms with E-state index in [4.69, 9.17) is 0 Å². The van der Waals surface area contributed by atoms with E-state index < -0.39 is 0 Å². The summed E-state index contributed by atoms with van der Waals surface area (Å²) in [5, 5.41) is 0. The van der Waals surface area contributed by atoms with Crippen molar-refractivity contribution in [3.8, 4) is 22.3 Å². The molecular weight excluding hydrogens is 583 g/mol. The highest BCUT2D eigenvalue weighted by atomic mass is 15.1. The highest BCUT2D eigenvalue weighted by Crippen LogP contribution is 2.44. The molecule has 2 aliphatic rings. The van der Waals surface area contributed by atoms with Crippen molar-refractivity contribution in [1.82, 2.24) is 9.97 Å². The van der Waals surface area contributed by atoms with Gasteiger partial charge in [-0.15, -0.1) is 0 Å². The molecule has 0 fully saturated rings. The van der Waals surface area contributed by atoms with Crippen LogP contribution in [0.15, 0.2) is 182 Å². The molecule has 2 aromatic heterocycles. The Hall–Kier alpha value is -6.06. The molecule has 0 bridgehead atoms. The van der Waals surface area contributed by atoms with E-state index in [-0.39, 0.29) is 0 Å². The Labute approximate surface area is 282 Å². The first-order valence-corrected chi connectivity index (χ1v) is 16.5. The molecule has 0 spiro atoms. The van der Waals surface area contributed by atoms with Gasteiger partial charge in [0.2, 0.25) is 0 Å². The van der Waals surface area contributed by atoms with Crippen molar-refractivity contribution in [3.63, 3.8) is 0 Å². The molecule has 0 radical (unpaired) electrons. The van der Waals surface area contributed by atoms with Crippen molar-refractivity contribution in [3.05, 3.63) is 198 Å². The molecule has 4 aromatic carbocycles. The SMILES string of the molecule is C/C=C(\C1=C2Cc3ccccc3C2=CC=CC1)c1ccc(N(c2ccc(-c3ccncc3)cc2)c2ccc(-c3ccncc3)cc2)cc1. The normalized spacial score (nSPS) is 13.9. The summed E-state index contributed by atoms with van der Waals surface area (Å²) < 4.78 is 0. The second-order valence-electron chi connectivity index (χ2n) is 12.2. The van der Waals surface area contributed by atoms with Gasteiger partial charge in [0.1, 0.15) is 0 Å². The smallest absolute Gasteiger partial charge is 0.0462 e. The fraction of sp³-hybridized carbons (Fsp3) is 0.0667. The molecule has 48 heavy (non-hydrogen) atoms. The van der Waals surface area contributed by atoms with Crippen LogP contribution in [0.25, 0.3) is 33.4 Å². The van der Waals surface area contributed by atoms with Gasteiger partial charge in [-0.05, 0) is 142 Å². The van der Waals surface area contributed by atoms with Crippen LogP contribution >= 0.6 is 0 Å². The Kier molecular flexibility index (Phi) is 7.93. The summed E-state index contributed by atoms with van der Waals surface area (Å²) in [4.78, 5) is 10.7. The van der Waals surface area contributed by atoms with Crippen LogP contribution in [0.5, 0.6) is 0 Å². The zero-order chi connectivity index (χ0) is 32.3. The highest BCUT2D eigenvalue weighted by Gasteiger charge is 2.26. The molecule has 6 aromatic rings. The fourth-order valence-corrected chi connectivity index (χ4v) is 7.04. The summed E-state index contributed by atoms with van der Waals surface area (Å²) in [5.74, 6) is 0. The monoisotopic (exact) mass is 617 g/mol. The molecule has 0 atom stereocenters. The van der Waals surface area contributed by atoms with E-state index in [0.29, 0.717) is 0 Å². The quantitative estimate of drug-likeness (QED) is 0.178. The molecule has 3 heteroatoms. The van der Waals surface area contributed by atoms with Crippen LogP contribution in [0, 0.1) is 0 Å². The van der Waals surface area contributed by atoms with Crippen LogP contribution in [-0.2, 0) is 6.42 Å². The van der Waals surface area contributed by atoms with E-state index in [2.05, 4.69) is 143 Å². The molecule has 230 valence electrons. The van der Waals surface area contributed by atoms with Gasteiger partial charge in [-0.2, -0.15) is 0 Å². The minimum atomic E-state index is 0.921. The third-order valence-corrected chi connectivity index (χ3v) is 9.41. The van der Waals surface area contributed by atoms with Gasteiger partial charge in [-0.25, -0.2) is 0 Å². The third-order valence-electron chi connectivity index (χ3n) is 9.41. The van der Waals surface area contributed by atoms with E-state index in [9.17, 15) is 0 Å². The second-order valence-corrected chi connectivity index (χ2v) is 12.2. The van der Waals surface area contributed by atoms with E-state index in [1.807, 2.05) is 49.1 Å². The number of allylic oxidation sites excluding steroid dienone is 8. The lowest BCUT2D eigenvalue weighted by Gasteiger charge is -2.26. The van der Waals surface area contributed by atoms with E-state index in [1.54, 1.807) is 0 Å². The predicted molar refractivity (Wildman–Crippen MR) is 200 cm³/mol. The van der Waals surface area contributed by atoms with Crippen molar-refractivity contribution >= 4 is 28.2 Å². The average Bonchev–Trinajstić information content (AvgIpc) is 3.40. The summed E-state index contributed by atoms with van der Waals surface area (Å²) in [6.07, 6.45) is 18.3. The maximum atomic E-state index is 4.19. The minimum absolute atomic E-state index is 0.921. The Bertz CT molecular complexity index is 2110. The third kappa shape index (κ3) is 5.61. The number of aromatic nitrogens is 2. The van der Waals surface area contributed by atoms with Crippen molar-refractivity contribution in [2.75, 3.05) is 4.90 Å². The molecule has 0 saturated carbocycles. The van der Waals surface area contributed by atoms with Crippen molar-refractivity contribution in [2.45, 2.75) is 19.8 Å².